The standard InChI is InChI=1S/C19H27NO4/c1-19(2,3)24-17(21)13-20-18(22)14-8-7-11-16(12-14)23-15-9-5-4-6-10-15/h4-6,9-10,14,16H,7-8,11-13H2,1-3H3,(H,20,22)/t14-,16-/m0/s1. The van der Waals surface area contributed by atoms with E-state index in [4.69, 9.17) is 9.47 Å². The second kappa shape index (κ2) is 8.18. The molecular weight excluding hydrogens is 306 g/mol. The van der Waals surface area contributed by atoms with Gasteiger partial charge in [-0.3, -0.25) is 9.59 Å². The van der Waals surface area contributed by atoms with Crippen LogP contribution in [-0.2, 0) is 14.3 Å². The molecular formula is C19H27NO4. The number of rotatable bonds is 5. The Bertz CT molecular complexity index is 550. The van der Waals surface area contributed by atoms with E-state index < -0.39 is 11.6 Å². The van der Waals surface area contributed by atoms with Gasteiger partial charge in [-0.2, -0.15) is 0 Å². The van der Waals surface area contributed by atoms with Crippen LogP contribution in [0.3, 0.4) is 0 Å². The van der Waals surface area contributed by atoms with E-state index in [2.05, 4.69) is 5.32 Å². The molecule has 1 N–H and O–H groups in total. The average Bonchev–Trinajstić information content (AvgIpc) is 2.52. The summed E-state index contributed by atoms with van der Waals surface area (Å²) in [5.41, 5.74) is -0.540. The third kappa shape index (κ3) is 6.22. The van der Waals surface area contributed by atoms with Crippen LogP contribution in [0.25, 0.3) is 0 Å². The Morgan fingerprint density at radius 2 is 1.88 bits per heavy atom. The number of carbonyl (C=O) groups excluding carboxylic acids is 2. The summed E-state index contributed by atoms with van der Waals surface area (Å²) in [4.78, 5) is 24.0. The smallest absolute Gasteiger partial charge is 0.325 e. The van der Waals surface area contributed by atoms with E-state index in [0.717, 1.165) is 25.0 Å². The van der Waals surface area contributed by atoms with Gasteiger partial charge in [-0.1, -0.05) is 18.2 Å². The summed E-state index contributed by atoms with van der Waals surface area (Å²) in [5, 5.41) is 2.69. The van der Waals surface area contributed by atoms with Crippen LogP contribution < -0.4 is 10.1 Å². The number of hydrogen-bond donors (Lipinski definition) is 1. The van der Waals surface area contributed by atoms with Crippen LogP contribution in [0.4, 0.5) is 0 Å². The average molecular weight is 333 g/mol. The summed E-state index contributed by atoms with van der Waals surface area (Å²) in [6, 6.07) is 9.66. The summed E-state index contributed by atoms with van der Waals surface area (Å²) in [7, 11) is 0. The third-order valence-electron chi connectivity index (χ3n) is 3.87. The fraction of sp³-hybridized carbons (Fsp3) is 0.579. The van der Waals surface area contributed by atoms with Crippen molar-refractivity contribution in [2.24, 2.45) is 5.92 Å². The summed E-state index contributed by atoms with van der Waals surface area (Å²) in [6.07, 6.45) is 3.44. The van der Waals surface area contributed by atoms with E-state index in [1.807, 2.05) is 30.3 Å². The maximum atomic E-state index is 12.3. The lowest BCUT2D eigenvalue weighted by Gasteiger charge is -2.29. The van der Waals surface area contributed by atoms with Crippen LogP contribution in [0.15, 0.2) is 30.3 Å². The monoisotopic (exact) mass is 333 g/mol. The zero-order valence-electron chi connectivity index (χ0n) is 14.7. The molecule has 24 heavy (non-hydrogen) atoms. The molecule has 0 aliphatic heterocycles. The van der Waals surface area contributed by atoms with Gasteiger partial charge in [0.25, 0.3) is 0 Å². The molecule has 1 aliphatic rings. The molecule has 1 aromatic carbocycles. The molecule has 1 aromatic rings. The van der Waals surface area contributed by atoms with E-state index in [1.54, 1.807) is 20.8 Å². The maximum absolute atomic E-state index is 12.3. The molecule has 1 amide bonds. The second-order valence-electron chi connectivity index (χ2n) is 7.22. The summed E-state index contributed by atoms with van der Waals surface area (Å²) in [6.45, 7) is 5.33. The van der Waals surface area contributed by atoms with Crippen LogP contribution in [0.5, 0.6) is 5.75 Å². The Balaban J connectivity index is 1.79. The molecule has 2 atom stereocenters. The highest BCUT2D eigenvalue weighted by atomic mass is 16.6. The molecule has 0 radical (unpaired) electrons. The third-order valence-corrected chi connectivity index (χ3v) is 3.87. The van der Waals surface area contributed by atoms with E-state index in [1.165, 1.54) is 0 Å². The number of esters is 1. The van der Waals surface area contributed by atoms with Crippen molar-refractivity contribution in [3.05, 3.63) is 30.3 Å². The van der Waals surface area contributed by atoms with Gasteiger partial charge in [-0.15, -0.1) is 0 Å². The van der Waals surface area contributed by atoms with Gasteiger partial charge < -0.3 is 14.8 Å². The number of nitrogens with one attached hydrogen (secondary N) is 1. The zero-order valence-corrected chi connectivity index (χ0v) is 14.7. The normalized spacial score (nSPS) is 21.0. The summed E-state index contributed by atoms with van der Waals surface area (Å²) >= 11 is 0. The van der Waals surface area contributed by atoms with Crippen LogP contribution in [-0.4, -0.2) is 30.1 Å². The first-order valence-electron chi connectivity index (χ1n) is 8.55. The number of carbonyl (C=O) groups is 2. The minimum absolute atomic E-state index is 0.0402. The number of ether oxygens (including phenoxy) is 2. The lowest BCUT2D eigenvalue weighted by atomic mass is 9.86. The first-order chi connectivity index (χ1) is 11.3. The topological polar surface area (TPSA) is 64.6 Å². The van der Waals surface area contributed by atoms with E-state index in [-0.39, 0.29) is 24.5 Å². The van der Waals surface area contributed by atoms with Crippen LogP contribution in [0.1, 0.15) is 46.5 Å². The molecule has 1 aliphatic carbocycles. The summed E-state index contributed by atoms with van der Waals surface area (Å²) in [5.74, 6) is 0.207. The Hall–Kier alpha value is -2.04. The Labute approximate surface area is 143 Å². The highest BCUT2D eigenvalue weighted by Gasteiger charge is 2.29. The molecule has 0 aromatic heterocycles. The van der Waals surface area contributed by atoms with Crippen LogP contribution in [0, 0.1) is 5.92 Å². The minimum Gasteiger partial charge on any atom is -0.490 e. The highest BCUT2D eigenvalue weighted by Crippen LogP contribution is 2.28. The lowest BCUT2D eigenvalue weighted by Crippen LogP contribution is -2.40. The van der Waals surface area contributed by atoms with Crippen LogP contribution in [0.2, 0.25) is 0 Å². The molecule has 2 rings (SSSR count). The fourth-order valence-corrected chi connectivity index (χ4v) is 2.86. The van der Waals surface area contributed by atoms with E-state index >= 15 is 0 Å². The van der Waals surface area contributed by atoms with Crippen molar-refractivity contribution >= 4 is 11.9 Å². The van der Waals surface area contributed by atoms with Crippen molar-refractivity contribution in [1.82, 2.24) is 5.32 Å². The Morgan fingerprint density at radius 1 is 1.17 bits per heavy atom. The van der Waals surface area contributed by atoms with E-state index in [9.17, 15) is 9.59 Å². The number of hydrogen-bond acceptors (Lipinski definition) is 4. The fourth-order valence-electron chi connectivity index (χ4n) is 2.86. The molecule has 5 heteroatoms. The van der Waals surface area contributed by atoms with Crippen molar-refractivity contribution in [2.45, 2.75) is 58.2 Å². The molecule has 0 bridgehead atoms. The number of para-hydroxylation sites is 1. The van der Waals surface area contributed by atoms with Gasteiger partial charge in [-0.05, 0) is 58.6 Å². The molecule has 0 heterocycles. The Morgan fingerprint density at radius 3 is 2.54 bits per heavy atom. The van der Waals surface area contributed by atoms with Gasteiger partial charge >= 0.3 is 5.97 Å². The molecule has 0 saturated heterocycles. The van der Waals surface area contributed by atoms with E-state index in [0.29, 0.717) is 6.42 Å². The van der Waals surface area contributed by atoms with Gasteiger partial charge in [0.15, 0.2) is 0 Å². The van der Waals surface area contributed by atoms with Crippen LogP contribution >= 0.6 is 0 Å². The first-order valence-corrected chi connectivity index (χ1v) is 8.55. The lowest BCUT2D eigenvalue weighted by molar-refractivity contribution is -0.154. The van der Waals surface area contributed by atoms with Crippen molar-refractivity contribution in [3.8, 4) is 5.75 Å². The molecule has 0 spiro atoms. The SMILES string of the molecule is CC(C)(C)OC(=O)CNC(=O)[C@H]1CCC[C@H](Oc2ccccc2)C1. The largest absolute Gasteiger partial charge is 0.490 e. The summed E-state index contributed by atoms with van der Waals surface area (Å²) < 4.78 is 11.2. The van der Waals surface area contributed by atoms with Gasteiger partial charge in [0.05, 0.1) is 6.10 Å². The predicted octanol–water partition coefficient (Wildman–Crippen LogP) is 3.08. The van der Waals surface area contributed by atoms with Crippen molar-refractivity contribution in [2.75, 3.05) is 6.54 Å². The van der Waals surface area contributed by atoms with Gasteiger partial charge in [0.2, 0.25) is 5.91 Å². The highest BCUT2D eigenvalue weighted by molar-refractivity contribution is 5.83. The van der Waals surface area contributed by atoms with Gasteiger partial charge in [0, 0.05) is 5.92 Å². The second-order valence-corrected chi connectivity index (χ2v) is 7.22. The number of amides is 1. The zero-order chi connectivity index (χ0) is 17.6. The van der Waals surface area contributed by atoms with Crippen molar-refractivity contribution in [1.29, 1.82) is 0 Å². The van der Waals surface area contributed by atoms with Gasteiger partial charge in [-0.25, -0.2) is 0 Å². The van der Waals surface area contributed by atoms with Crippen molar-refractivity contribution in [3.63, 3.8) is 0 Å². The molecule has 1 saturated carbocycles. The quantitative estimate of drug-likeness (QED) is 0.841. The molecule has 0 unspecified atom stereocenters. The molecule has 1 fully saturated rings. The molecule has 132 valence electrons. The first kappa shape index (κ1) is 18.3. The number of benzene rings is 1. The minimum atomic E-state index is -0.540. The maximum Gasteiger partial charge on any atom is 0.325 e. The van der Waals surface area contributed by atoms with Crippen molar-refractivity contribution < 1.29 is 19.1 Å². The molecule has 5 nitrogen and oxygen atoms in total. The predicted molar refractivity (Wildman–Crippen MR) is 91.7 cm³/mol. The Kier molecular flexibility index (Phi) is 6.23. The van der Waals surface area contributed by atoms with Gasteiger partial charge in [0.1, 0.15) is 17.9 Å².